The predicted molar refractivity (Wildman–Crippen MR) is 64.7 cm³/mol. The van der Waals surface area contributed by atoms with Crippen molar-refractivity contribution in [3.63, 3.8) is 0 Å². The lowest BCUT2D eigenvalue weighted by Crippen LogP contribution is -2.18. The zero-order chi connectivity index (χ0) is 11.1. The molecule has 3 rings (SSSR count). The summed E-state index contributed by atoms with van der Waals surface area (Å²) in [4.78, 5) is 11.0. The lowest BCUT2D eigenvalue weighted by molar-refractivity contribution is 0.174. The SMILES string of the molecule is Cl.O=C1N[C@@H](c2cc3c(cc2Br)OCO3)CO1. The number of nitrogens with one attached hydrogen (secondary N) is 1. The van der Waals surface area contributed by atoms with Crippen molar-refractivity contribution in [2.24, 2.45) is 0 Å². The summed E-state index contributed by atoms with van der Waals surface area (Å²) < 4.78 is 16.3. The zero-order valence-corrected chi connectivity index (χ0v) is 11.0. The van der Waals surface area contributed by atoms with E-state index < -0.39 is 6.09 Å². The van der Waals surface area contributed by atoms with Gasteiger partial charge in [-0.2, -0.15) is 0 Å². The van der Waals surface area contributed by atoms with Gasteiger partial charge in [0.2, 0.25) is 6.79 Å². The Kier molecular flexibility index (Phi) is 3.35. The largest absolute Gasteiger partial charge is 0.454 e. The van der Waals surface area contributed by atoms with E-state index in [-0.39, 0.29) is 25.2 Å². The van der Waals surface area contributed by atoms with Gasteiger partial charge in [-0.05, 0) is 17.7 Å². The fourth-order valence-electron chi connectivity index (χ4n) is 1.75. The molecule has 0 aromatic heterocycles. The number of amides is 1. The topological polar surface area (TPSA) is 56.8 Å². The van der Waals surface area contributed by atoms with Crippen LogP contribution >= 0.6 is 28.3 Å². The number of ether oxygens (including phenoxy) is 3. The molecule has 0 radical (unpaired) electrons. The van der Waals surface area contributed by atoms with Gasteiger partial charge in [0, 0.05) is 4.47 Å². The van der Waals surface area contributed by atoms with Crippen molar-refractivity contribution in [3.8, 4) is 11.5 Å². The van der Waals surface area contributed by atoms with Crippen molar-refractivity contribution in [2.45, 2.75) is 6.04 Å². The molecule has 1 aromatic rings. The second-order valence-electron chi connectivity index (χ2n) is 3.52. The fourth-order valence-corrected chi connectivity index (χ4v) is 2.35. The van der Waals surface area contributed by atoms with Crippen LogP contribution in [0.1, 0.15) is 11.6 Å². The van der Waals surface area contributed by atoms with E-state index in [0.29, 0.717) is 18.1 Å². The molecule has 5 nitrogen and oxygen atoms in total. The molecule has 1 atom stereocenters. The van der Waals surface area contributed by atoms with Gasteiger partial charge >= 0.3 is 6.09 Å². The third kappa shape index (κ3) is 2.14. The Balaban J connectivity index is 0.00000108. The highest BCUT2D eigenvalue weighted by Crippen LogP contribution is 2.39. The Bertz CT molecular complexity index is 468. The molecular weight excluding hydrogens is 313 g/mol. The summed E-state index contributed by atoms with van der Waals surface area (Å²) in [6, 6.07) is 3.55. The molecule has 7 heteroatoms. The lowest BCUT2D eigenvalue weighted by atomic mass is 10.1. The third-order valence-electron chi connectivity index (χ3n) is 2.54. The normalized spacial score (nSPS) is 20.5. The van der Waals surface area contributed by atoms with Gasteiger partial charge in [0.25, 0.3) is 0 Å². The van der Waals surface area contributed by atoms with Crippen LogP contribution in [-0.2, 0) is 4.74 Å². The van der Waals surface area contributed by atoms with E-state index in [0.717, 1.165) is 10.0 Å². The quantitative estimate of drug-likeness (QED) is 0.862. The number of benzene rings is 1. The van der Waals surface area contributed by atoms with Crippen LogP contribution in [0, 0.1) is 0 Å². The summed E-state index contributed by atoms with van der Waals surface area (Å²) in [6.07, 6.45) is -0.394. The van der Waals surface area contributed by atoms with Gasteiger partial charge in [0.1, 0.15) is 6.61 Å². The van der Waals surface area contributed by atoms with E-state index in [1.165, 1.54) is 0 Å². The molecule has 1 fully saturated rings. The fraction of sp³-hybridized carbons (Fsp3) is 0.300. The van der Waals surface area contributed by atoms with Crippen molar-refractivity contribution in [3.05, 3.63) is 22.2 Å². The lowest BCUT2D eigenvalue weighted by Gasteiger charge is -2.10. The maximum absolute atomic E-state index is 11.0. The highest BCUT2D eigenvalue weighted by Gasteiger charge is 2.27. The smallest absolute Gasteiger partial charge is 0.407 e. The number of alkyl carbamates (subject to hydrolysis) is 1. The molecule has 2 heterocycles. The number of fused-ring (bicyclic) bond motifs is 1. The van der Waals surface area contributed by atoms with Gasteiger partial charge < -0.3 is 19.5 Å². The molecule has 0 aliphatic carbocycles. The minimum Gasteiger partial charge on any atom is -0.454 e. The highest BCUT2D eigenvalue weighted by atomic mass is 79.9. The maximum Gasteiger partial charge on any atom is 0.407 e. The standard InChI is InChI=1S/C10H8BrNO4.ClH/c11-6-2-9-8(15-4-16-9)1-5(6)7-3-14-10(13)12-7;/h1-2,7H,3-4H2,(H,12,13);1H/t7-;/m1./s1. The first kappa shape index (κ1) is 12.3. The summed E-state index contributed by atoms with van der Waals surface area (Å²) in [5.74, 6) is 1.40. The summed E-state index contributed by atoms with van der Waals surface area (Å²) in [5.41, 5.74) is 0.926. The van der Waals surface area contributed by atoms with Crippen molar-refractivity contribution in [1.29, 1.82) is 0 Å². The van der Waals surface area contributed by atoms with Crippen molar-refractivity contribution in [1.82, 2.24) is 5.32 Å². The average Bonchev–Trinajstić information content (AvgIpc) is 2.84. The van der Waals surface area contributed by atoms with E-state index in [4.69, 9.17) is 14.2 Å². The molecule has 0 bridgehead atoms. The molecule has 1 N–H and O–H groups in total. The summed E-state index contributed by atoms with van der Waals surface area (Å²) in [7, 11) is 0. The number of carbonyl (C=O) groups excluding carboxylic acids is 1. The van der Waals surface area contributed by atoms with Gasteiger partial charge in [-0.1, -0.05) is 15.9 Å². The van der Waals surface area contributed by atoms with Crippen LogP contribution in [0.15, 0.2) is 16.6 Å². The Hall–Kier alpha value is -1.14. The van der Waals surface area contributed by atoms with Crippen molar-refractivity contribution in [2.75, 3.05) is 13.4 Å². The van der Waals surface area contributed by atoms with Gasteiger partial charge in [-0.3, -0.25) is 0 Å². The van der Waals surface area contributed by atoms with Crippen LogP contribution in [0.25, 0.3) is 0 Å². The number of cyclic esters (lactones) is 1. The Morgan fingerprint density at radius 3 is 2.59 bits per heavy atom. The molecule has 2 aliphatic heterocycles. The molecule has 1 saturated heterocycles. The Morgan fingerprint density at radius 2 is 1.94 bits per heavy atom. The first-order chi connectivity index (χ1) is 7.74. The van der Waals surface area contributed by atoms with Crippen molar-refractivity contribution < 1.29 is 19.0 Å². The van der Waals surface area contributed by atoms with E-state index in [9.17, 15) is 4.79 Å². The van der Waals surface area contributed by atoms with E-state index in [1.54, 1.807) is 0 Å². The monoisotopic (exact) mass is 321 g/mol. The van der Waals surface area contributed by atoms with Crippen molar-refractivity contribution >= 4 is 34.4 Å². The first-order valence-electron chi connectivity index (χ1n) is 4.76. The van der Waals surface area contributed by atoms with E-state index in [1.807, 2.05) is 12.1 Å². The summed E-state index contributed by atoms with van der Waals surface area (Å²) >= 11 is 3.44. The van der Waals surface area contributed by atoms with Crippen LogP contribution in [0.5, 0.6) is 11.5 Å². The molecule has 2 aliphatic rings. The minimum absolute atomic E-state index is 0. The third-order valence-corrected chi connectivity index (χ3v) is 3.23. The van der Waals surface area contributed by atoms with Crippen LogP contribution in [0.2, 0.25) is 0 Å². The Labute approximate surface area is 112 Å². The second kappa shape index (κ2) is 4.62. The van der Waals surface area contributed by atoms with Crippen LogP contribution in [-0.4, -0.2) is 19.5 Å². The number of halogens is 2. The maximum atomic E-state index is 11.0. The molecule has 17 heavy (non-hydrogen) atoms. The van der Waals surface area contributed by atoms with Crippen LogP contribution < -0.4 is 14.8 Å². The summed E-state index contributed by atoms with van der Waals surface area (Å²) in [5, 5.41) is 2.71. The molecule has 1 amide bonds. The summed E-state index contributed by atoms with van der Waals surface area (Å²) in [6.45, 7) is 0.565. The number of rotatable bonds is 1. The zero-order valence-electron chi connectivity index (χ0n) is 8.57. The number of hydrogen-bond acceptors (Lipinski definition) is 4. The first-order valence-corrected chi connectivity index (χ1v) is 5.55. The van der Waals surface area contributed by atoms with Gasteiger partial charge in [0.05, 0.1) is 6.04 Å². The number of carbonyl (C=O) groups is 1. The van der Waals surface area contributed by atoms with Gasteiger partial charge in [-0.25, -0.2) is 4.79 Å². The predicted octanol–water partition coefficient (Wildman–Crippen LogP) is 2.38. The van der Waals surface area contributed by atoms with Gasteiger partial charge in [-0.15, -0.1) is 12.4 Å². The van der Waals surface area contributed by atoms with E-state index >= 15 is 0 Å². The van der Waals surface area contributed by atoms with E-state index in [2.05, 4.69) is 21.2 Å². The molecule has 1 aromatic carbocycles. The van der Waals surface area contributed by atoms with Gasteiger partial charge in [0.15, 0.2) is 11.5 Å². The number of hydrogen-bond donors (Lipinski definition) is 1. The second-order valence-corrected chi connectivity index (χ2v) is 4.38. The minimum atomic E-state index is -0.394. The Morgan fingerprint density at radius 1 is 1.24 bits per heavy atom. The molecule has 0 spiro atoms. The average molecular weight is 323 g/mol. The van der Waals surface area contributed by atoms with Crippen LogP contribution in [0.4, 0.5) is 4.79 Å². The highest BCUT2D eigenvalue weighted by molar-refractivity contribution is 9.10. The molecular formula is C10H9BrClNO4. The molecule has 0 unspecified atom stereocenters. The van der Waals surface area contributed by atoms with Crippen LogP contribution in [0.3, 0.4) is 0 Å². The molecule has 0 saturated carbocycles. The molecule has 92 valence electrons.